The van der Waals surface area contributed by atoms with Gasteiger partial charge >= 0.3 is 5.97 Å². The van der Waals surface area contributed by atoms with Gasteiger partial charge in [0.2, 0.25) is 0 Å². The monoisotopic (exact) mass is 353 g/mol. The summed E-state index contributed by atoms with van der Waals surface area (Å²) >= 11 is 9.67. The number of hydrogen-bond donors (Lipinski definition) is 1. The molecule has 0 unspecified atom stereocenters. The first kappa shape index (κ1) is 14.9. The molecule has 3 nitrogen and oxygen atoms in total. The number of rotatable bonds is 4. The fourth-order valence-electron chi connectivity index (χ4n) is 1.92. The van der Waals surface area contributed by atoms with E-state index in [2.05, 4.69) is 15.9 Å². The molecule has 104 valence electrons. The lowest BCUT2D eigenvalue weighted by molar-refractivity contribution is 0.0697. The van der Waals surface area contributed by atoms with Gasteiger partial charge in [0.1, 0.15) is 0 Å². The van der Waals surface area contributed by atoms with Crippen LogP contribution in [0.15, 0.2) is 46.9 Å². The van der Waals surface area contributed by atoms with Gasteiger partial charge in [0, 0.05) is 18.1 Å². The largest absolute Gasteiger partial charge is 0.478 e. The summed E-state index contributed by atoms with van der Waals surface area (Å²) in [5.74, 6) is -0.980. The number of carboxylic acids is 1. The highest BCUT2D eigenvalue weighted by atomic mass is 79.9. The number of carboxylic acid groups (broad SMARTS) is 1. The molecule has 0 heterocycles. The second-order valence-electron chi connectivity index (χ2n) is 4.42. The fraction of sp³-hybridized carbons (Fsp3) is 0.133. The molecule has 2 aromatic carbocycles. The van der Waals surface area contributed by atoms with Gasteiger partial charge in [0.15, 0.2) is 0 Å². The summed E-state index contributed by atoms with van der Waals surface area (Å²) in [6, 6.07) is 12.7. The quantitative estimate of drug-likeness (QED) is 0.882. The van der Waals surface area contributed by atoms with E-state index in [1.165, 1.54) is 6.07 Å². The lowest BCUT2D eigenvalue weighted by Crippen LogP contribution is -2.17. The molecule has 20 heavy (non-hydrogen) atoms. The predicted octanol–water partition coefficient (Wildman–Crippen LogP) is 4.44. The third kappa shape index (κ3) is 3.32. The van der Waals surface area contributed by atoms with E-state index in [1.807, 2.05) is 36.2 Å². The summed E-state index contributed by atoms with van der Waals surface area (Å²) in [7, 11) is 1.92. The number of halogens is 2. The van der Waals surface area contributed by atoms with E-state index >= 15 is 0 Å². The van der Waals surface area contributed by atoms with Gasteiger partial charge in [0.05, 0.1) is 16.3 Å². The molecule has 0 aliphatic rings. The van der Waals surface area contributed by atoms with Crippen molar-refractivity contribution in [2.45, 2.75) is 6.54 Å². The van der Waals surface area contributed by atoms with Gasteiger partial charge < -0.3 is 10.0 Å². The highest BCUT2D eigenvalue weighted by Gasteiger charge is 2.11. The highest BCUT2D eigenvalue weighted by Crippen LogP contribution is 2.28. The summed E-state index contributed by atoms with van der Waals surface area (Å²) in [4.78, 5) is 12.9. The molecule has 0 bridgehead atoms. The Hall–Kier alpha value is -1.52. The molecule has 0 saturated heterocycles. The minimum absolute atomic E-state index is 0.188. The zero-order chi connectivity index (χ0) is 14.7. The van der Waals surface area contributed by atoms with E-state index in [-0.39, 0.29) is 5.56 Å². The molecule has 0 saturated carbocycles. The van der Waals surface area contributed by atoms with Crippen molar-refractivity contribution >= 4 is 39.2 Å². The van der Waals surface area contributed by atoms with Crippen molar-refractivity contribution in [2.75, 3.05) is 11.9 Å². The highest BCUT2D eigenvalue weighted by molar-refractivity contribution is 9.10. The van der Waals surface area contributed by atoms with Crippen LogP contribution in [-0.4, -0.2) is 18.1 Å². The van der Waals surface area contributed by atoms with Gasteiger partial charge in [-0.05, 0) is 29.8 Å². The Kier molecular flexibility index (Phi) is 4.68. The molecule has 0 atom stereocenters. The second-order valence-corrected chi connectivity index (χ2v) is 5.68. The number of aromatic carboxylic acids is 1. The number of hydrogen-bond acceptors (Lipinski definition) is 2. The molecule has 0 radical (unpaired) electrons. The van der Waals surface area contributed by atoms with Crippen LogP contribution >= 0.6 is 27.5 Å². The Morgan fingerprint density at radius 3 is 2.60 bits per heavy atom. The number of benzene rings is 2. The van der Waals surface area contributed by atoms with Crippen LogP contribution in [0.4, 0.5) is 5.69 Å². The van der Waals surface area contributed by atoms with Crippen molar-refractivity contribution < 1.29 is 9.90 Å². The van der Waals surface area contributed by atoms with Crippen LogP contribution in [0.25, 0.3) is 0 Å². The standard InChI is InChI=1S/C15H13BrClNO2/c1-18(9-11-4-2-3-5-12(11)16)14-7-6-10(15(19)20)8-13(14)17/h2-8H,9H2,1H3,(H,19,20). The smallest absolute Gasteiger partial charge is 0.335 e. The average molecular weight is 355 g/mol. The molecule has 2 aromatic rings. The van der Waals surface area contributed by atoms with E-state index in [0.717, 1.165) is 15.7 Å². The van der Waals surface area contributed by atoms with Crippen molar-refractivity contribution in [3.05, 3.63) is 63.1 Å². The van der Waals surface area contributed by atoms with Gasteiger partial charge in [-0.25, -0.2) is 4.79 Å². The van der Waals surface area contributed by atoms with E-state index in [4.69, 9.17) is 16.7 Å². The maximum atomic E-state index is 10.9. The number of carbonyl (C=O) groups is 1. The van der Waals surface area contributed by atoms with Gasteiger partial charge in [-0.3, -0.25) is 0 Å². The van der Waals surface area contributed by atoms with E-state index in [9.17, 15) is 4.79 Å². The van der Waals surface area contributed by atoms with Crippen LogP contribution < -0.4 is 4.90 Å². The van der Waals surface area contributed by atoms with E-state index in [0.29, 0.717) is 11.6 Å². The summed E-state index contributed by atoms with van der Waals surface area (Å²) in [6.07, 6.45) is 0. The average Bonchev–Trinajstić information content (AvgIpc) is 2.41. The second kappa shape index (κ2) is 6.29. The molecule has 0 aliphatic heterocycles. The van der Waals surface area contributed by atoms with Gasteiger partial charge in [-0.1, -0.05) is 45.7 Å². The summed E-state index contributed by atoms with van der Waals surface area (Å²) in [5.41, 5.74) is 2.12. The first-order chi connectivity index (χ1) is 9.49. The third-order valence-electron chi connectivity index (χ3n) is 2.97. The maximum absolute atomic E-state index is 10.9. The van der Waals surface area contributed by atoms with Crippen molar-refractivity contribution in [2.24, 2.45) is 0 Å². The Morgan fingerprint density at radius 2 is 2.00 bits per heavy atom. The molecule has 5 heteroatoms. The molecular formula is C15H13BrClNO2. The molecule has 2 rings (SSSR count). The zero-order valence-electron chi connectivity index (χ0n) is 10.8. The van der Waals surface area contributed by atoms with Crippen LogP contribution in [0, 0.1) is 0 Å². The van der Waals surface area contributed by atoms with Crippen molar-refractivity contribution in [3.63, 3.8) is 0 Å². The Bertz CT molecular complexity index is 646. The van der Waals surface area contributed by atoms with Crippen molar-refractivity contribution in [1.29, 1.82) is 0 Å². The summed E-state index contributed by atoms with van der Waals surface area (Å²) in [5, 5.41) is 9.36. The normalized spacial score (nSPS) is 10.3. The lowest BCUT2D eigenvalue weighted by Gasteiger charge is -2.21. The van der Waals surface area contributed by atoms with Crippen LogP contribution in [-0.2, 0) is 6.54 Å². The first-order valence-corrected chi connectivity index (χ1v) is 7.13. The molecule has 0 spiro atoms. The lowest BCUT2D eigenvalue weighted by atomic mass is 10.1. The van der Waals surface area contributed by atoms with Crippen LogP contribution in [0.2, 0.25) is 5.02 Å². The topological polar surface area (TPSA) is 40.5 Å². The Balaban J connectivity index is 2.23. The SMILES string of the molecule is CN(Cc1ccccc1Br)c1ccc(C(=O)O)cc1Cl. The number of nitrogens with zero attached hydrogens (tertiary/aromatic N) is 1. The van der Waals surface area contributed by atoms with Crippen molar-refractivity contribution in [3.8, 4) is 0 Å². The van der Waals surface area contributed by atoms with Gasteiger partial charge in [0.25, 0.3) is 0 Å². The maximum Gasteiger partial charge on any atom is 0.335 e. The summed E-state index contributed by atoms with van der Waals surface area (Å²) in [6.45, 7) is 0.674. The fourth-order valence-corrected chi connectivity index (χ4v) is 2.65. The van der Waals surface area contributed by atoms with Gasteiger partial charge in [-0.15, -0.1) is 0 Å². The van der Waals surface area contributed by atoms with Gasteiger partial charge in [-0.2, -0.15) is 0 Å². The molecule has 1 N–H and O–H groups in total. The summed E-state index contributed by atoms with van der Waals surface area (Å²) < 4.78 is 1.03. The van der Waals surface area contributed by atoms with E-state index < -0.39 is 5.97 Å². The minimum Gasteiger partial charge on any atom is -0.478 e. The molecule has 0 amide bonds. The van der Waals surface area contributed by atoms with Crippen LogP contribution in [0.3, 0.4) is 0 Å². The van der Waals surface area contributed by atoms with Crippen molar-refractivity contribution in [1.82, 2.24) is 0 Å². The molecule has 0 aliphatic carbocycles. The molecule has 0 aromatic heterocycles. The molecular weight excluding hydrogens is 342 g/mol. The Labute approximate surface area is 130 Å². The third-order valence-corrected chi connectivity index (χ3v) is 4.05. The number of anilines is 1. The first-order valence-electron chi connectivity index (χ1n) is 5.96. The molecule has 0 fully saturated rings. The van der Waals surface area contributed by atoms with Crippen LogP contribution in [0.1, 0.15) is 15.9 Å². The van der Waals surface area contributed by atoms with E-state index in [1.54, 1.807) is 12.1 Å². The Morgan fingerprint density at radius 1 is 1.30 bits per heavy atom. The zero-order valence-corrected chi connectivity index (χ0v) is 13.1. The van der Waals surface area contributed by atoms with Crippen LogP contribution in [0.5, 0.6) is 0 Å². The minimum atomic E-state index is -0.980. The predicted molar refractivity (Wildman–Crippen MR) is 84.7 cm³/mol.